The van der Waals surface area contributed by atoms with E-state index in [1.165, 1.54) is 130 Å². The molecule has 0 amide bonds. The third-order valence-electron chi connectivity index (χ3n) is 13.2. The zero-order chi connectivity index (χ0) is 41.4. The van der Waals surface area contributed by atoms with E-state index in [9.17, 15) is 0 Å². The lowest BCUT2D eigenvalue weighted by atomic mass is 9.82. The molecule has 1 aromatic heterocycles. The molecule has 0 atom stereocenters. The van der Waals surface area contributed by atoms with Crippen molar-refractivity contribution in [1.82, 2.24) is 0 Å². The van der Waals surface area contributed by atoms with Crippen molar-refractivity contribution in [3.05, 3.63) is 231 Å². The summed E-state index contributed by atoms with van der Waals surface area (Å²) in [7, 11) is 0. The van der Waals surface area contributed by atoms with Gasteiger partial charge in [0.1, 0.15) is 0 Å². The van der Waals surface area contributed by atoms with Crippen LogP contribution in [0.3, 0.4) is 0 Å². The summed E-state index contributed by atoms with van der Waals surface area (Å²) in [4.78, 5) is 2.57. The Hall–Kier alpha value is -7.84. The first kappa shape index (κ1) is 35.9. The van der Waals surface area contributed by atoms with Crippen molar-refractivity contribution >= 4 is 86.7 Å². The number of fused-ring (bicyclic) bond motifs is 11. The molecular weight excluding hydrogens is 777 g/mol. The van der Waals surface area contributed by atoms with E-state index in [2.05, 4.69) is 231 Å². The lowest BCUT2D eigenvalue weighted by molar-refractivity contribution is 1.65. The van der Waals surface area contributed by atoms with E-state index >= 15 is 0 Å². The number of thiophene rings is 1. The SMILES string of the molecule is c1ccc(-c2ccc(-c3ccc(-c4ccc5c(c4)c4ccccc4c4cc(-c6c7ccccc7c(-c7ccc8ccccc8c7)c7ccccc67)c6ccccc6c54)cc3)s2)cc1. The zero-order valence-corrected chi connectivity index (χ0v) is 35.2. The predicted molar refractivity (Wildman–Crippen MR) is 274 cm³/mol. The maximum atomic E-state index is 2.50. The highest BCUT2D eigenvalue weighted by atomic mass is 32.1. The predicted octanol–water partition coefficient (Wildman–Crippen LogP) is 18.2. The van der Waals surface area contributed by atoms with E-state index in [1.54, 1.807) is 0 Å². The molecule has 12 aromatic carbocycles. The van der Waals surface area contributed by atoms with Gasteiger partial charge in [0.15, 0.2) is 0 Å². The standard InChI is InChI=1S/C62H38S/c1-2-15-41(16-3-1)58-34-35-59(63-58)42-29-26-40(27-30-42)44-32-33-54-55(37-44)46-18-6-7-19-47(46)56-38-57(48-20-8-9-21-49(48)61(54)56)62-52-24-12-10-22-50(52)60(51-23-11-13-25-53(51)62)45-31-28-39-14-4-5-17-43(39)36-45/h1-38H. The maximum Gasteiger partial charge on any atom is 0.0349 e. The minimum absolute atomic E-state index is 1.22. The summed E-state index contributed by atoms with van der Waals surface area (Å²) < 4.78 is 0. The van der Waals surface area contributed by atoms with Gasteiger partial charge in [-0.05, 0) is 150 Å². The molecule has 0 saturated carbocycles. The Kier molecular flexibility index (Phi) is 8.19. The van der Waals surface area contributed by atoms with Gasteiger partial charge in [-0.3, -0.25) is 0 Å². The average molecular weight is 815 g/mol. The summed E-state index contributed by atoms with van der Waals surface area (Å²) in [5, 5.41) is 17.8. The topological polar surface area (TPSA) is 0 Å². The number of hydrogen-bond donors (Lipinski definition) is 0. The van der Waals surface area contributed by atoms with Crippen molar-refractivity contribution in [2.75, 3.05) is 0 Å². The third-order valence-corrected chi connectivity index (χ3v) is 14.4. The minimum Gasteiger partial charge on any atom is -0.135 e. The van der Waals surface area contributed by atoms with Gasteiger partial charge in [-0.2, -0.15) is 0 Å². The van der Waals surface area contributed by atoms with Crippen LogP contribution in [-0.2, 0) is 0 Å². The fourth-order valence-corrected chi connectivity index (χ4v) is 11.4. The summed E-state index contributed by atoms with van der Waals surface area (Å²) in [5.41, 5.74) is 10.0. The highest BCUT2D eigenvalue weighted by Crippen LogP contribution is 2.49. The number of benzene rings is 12. The summed E-state index contributed by atoms with van der Waals surface area (Å²) in [6.07, 6.45) is 0. The number of rotatable bonds is 5. The van der Waals surface area contributed by atoms with Gasteiger partial charge < -0.3 is 0 Å². The molecular formula is C62H38S. The molecule has 0 unspecified atom stereocenters. The normalized spacial score (nSPS) is 11.8. The van der Waals surface area contributed by atoms with Gasteiger partial charge in [0, 0.05) is 9.75 Å². The molecule has 0 N–H and O–H groups in total. The fourth-order valence-electron chi connectivity index (χ4n) is 10.4. The molecule has 13 rings (SSSR count). The molecule has 63 heavy (non-hydrogen) atoms. The van der Waals surface area contributed by atoms with Crippen LogP contribution < -0.4 is 0 Å². The van der Waals surface area contributed by atoms with Gasteiger partial charge in [0.2, 0.25) is 0 Å². The van der Waals surface area contributed by atoms with Gasteiger partial charge in [-0.15, -0.1) is 11.3 Å². The van der Waals surface area contributed by atoms with E-state index < -0.39 is 0 Å². The molecule has 0 aliphatic rings. The lowest BCUT2D eigenvalue weighted by Crippen LogP contribution is -1.93. The van der Waals surface area contributed by atoms with Crippen LogP contribution in [0.4, 0.5) is 0 Å². The first-order valence-corrected chi connectivity index (χ1v) is 22.6. The van der Waals surface area contributed by atoms with Crippen LogP contribution in [0.25, 0.3) is 130 Å². The van der Waals surface area contributed by atoms with Gasteiger partial charge in [-0.25, -0.2) is 0 Å². The third kappa shape index (κ3) is 5.74. The van der Waals surface area contributed by atoms with E-state index in [4.69, 9.17) is 0 Å². The van der Waals surface area contributed by atoms with Gasteiger partial charge >= 0.3 is 0 Å². The Labute approximate surface area is 369 Å². The van der Waals surface area contributed by atoms with Crippen LogP contribution in [0.2, 0.25) is 0 Å². The van der Waals surface area contributed by atoms with Gasteiger partial charge in [0.25, 0.3) is 0 Å². The molecule has 0 nitrogen and oxygen atoms in total. The summed E-state index contributed by atoms with van der Waals surface area (Å²) >= 11 is 1.85. The van der Waals surface area contributed by atoms with Crippen LogP contribution >= 0.6 is 11.3 Å². The quantitative estimate of drug-likeness (QED) is 0.120. The Morgan fingerprint density at radius 3 is 1.38 bits per heavy atom. The van der Waals surface area contributed by atoms with E-state index in [1.807, 2.05) is 11.3 Å². The van der Waals surface area contributed by atoms with Crippen LogP contribution in [0, 0.1) is 0 Å². The molecule has 1 heteroatoms. The molecule has 13 aromatic rings. The maximum absolute atomic E-state index is 2.50. The first-order chi connectivity index (χ1) is 31.2. The molecule has 0 saturated heterocycles. The minimum atomic E-state index is 1.22. The average Bonchev–Trinajstić information content (AvgIpc) is 3.86. The van der Waals surface area contributed by atoms with Crippen LogP contribution in [-0.4, -0.2) is 0 Å². The molecule has 1 heterocycles. The Morgan fingerprint density at radius 2 is 0.698 bits per heavy atom. The molecule has 0 aliphatic heterocycles. The second kappa shape index (κ2) is 14.4. The largest absolute Gasteiger partial charge is 0.135 e. The summed E-state index contributed by atoms with van der Waals surface area (Å²) in [6.45, 7) is 0. The molecule has 0 radical (unpaired) electrons. The molecule has 0 spiro atoms. The van der Waals surface area contributed by atoms with Crippen molar-refractivity contribution < 1.29 is 0 Å². The van der Waals surface area contributed by atoms with E-state index in [0.717, 1.165) is 0 Å². The lowest BCUT2D eigenvalue weighted by Gasteiger charge is -2.21. The smallest absolute Gasteiger partial charge is 0.0349 e. The van der Waals surface area contributed by atoms with Crippen molar-refractivity contribution in [3.8, 4) is 54.3 Å². The highest BCUT2D eigenvalue weighted by Gasteiger charge is 2.21. The monoisotopic (exact) mass is 814 g/mol. The van der Waals surface area contributed by atoms with Crippen LogP contribution in [0.15, 0.2) is 231 Å². The molecule has 0 fully saturated rings. The van der Waals surface area contributed by atoms with Crippen molar-refractivity contribution in [2.45, 2.75) is 0 Å². The van der Waals surface area contributed by atoms with E-state index in [-0.39, 0.29) is 0 Å². The van der Waals surface area contributed by atoms with Crippen molar-refractivity contribution in [1.29, 1.82) is 0 Å². The second-order valence-electron chi connectivity index (χ2n) is 16.7. The Bertz CT molecular complexity index is 3890. The Balaban J connectivity index is 1.01. The first-order valence-electron chi connectivity index (χ1n) is 21.7. The fraction of sp³-hybridized carbons (Fsp3) is 0. The highest BCUT2D eigenvalue weighted by molar-refractivity contribution is 7.18. The summed E-state index contributed by atoms with van der Waals surface area (Å²) in [6, 6.07) is 85.6. The van der Waals surface area contributed by atoms with E-state index in [0.29, 0.717) is 0 Å². The zero-order valence-electron chi connectivity index (χ0n) is 34.3. The van der Waals surface area contributed by atoms with Gasteiger partial charge in [0.05, 0.1) is 0 Å². The van der Waals surface area contributed by atoms with Crippen molar-refractivity contribution in [3.63, 3.8) is 0 Å². The van der Waals surface area contributed by atoms with Crippen LogP contribution in [0.5, 0.6) is 0 Å². The van der Waals surface area contributed by atoms with Gasteiger partial charge in [-0.1, -0.05) is 200 Å². The molecule has 0 aliphatic carbocycles. The second-order valence-corrected chi connectivity index (χ2v) is 17.8. The molecule has 292 valence electrons. The van der Waals surface area contributed by atoms with Crippen molar-refractivity contribution in [2.24, 2.45) is 0 Å². The molecule has 0 bridgehead atoms. The summed E-state index contributed by atoms with van der Waals surface area (Å²) in [5.74, 6) is 0. The van der Waals surface area contributed by atoms with Crippen LogP contribution in [0.1, 0.15) is 0 Å². The number of hydrogen-bond acceptors (Lipinski definition) is 1. The Morgan fingerprint density at radius 1 is 0.222 bits per heavy atom.